The highest BCUT2D eigenvalue weighted by molar-refractivity contribution is 7.80. The van der Waals surface area contributed by atoms with E-state index in [1.54, 1.807) is 24.3 Å². The van der Waals surface area contributed by atoms with Gasteiger partial charge in [-0.15, -0.1) is 0 Å². The zero-order valence-corrected chi connectivity index (χ0v) is 12.0. The summed E-state index contributed by atoms with van der Waals surface area (Å²) >= 11 is 4.87. The van der Waals surface area contributed by atoms with Gasteiger partial charge in [-0.3, -0.25) is 9.69 Å². The molecule has 0 spiro atoms. The lowest BCUT2D eigenvalue weighted by Crippen LogP contribution is -2.31. The van der Waals surface area contributed by atoms with Crippen LogP contribution in [0.5, 0.6) is 0 Å². The Morgan fingerprint density at radius 2 is 2.15 bits per heavy atom. The van der Waals surface area contributed by atoms with Crippen LogP contribution in [0.15, 0.2) is 24.3 Å². The summed E-state index contributed by atoms with van der Waals surface area (Å²) in [6.45, 7) is 2.19. The summed E-state index contributed by atoms with van der Waals surface area (Å²) in [7, 11) is 0. The van der Waals surface area contributed by atoms with E-state index in [0.29, 0.717) is 17.5 Å². The first-order valence-electron chi connectivity index (χ1n) is 6.61. The zero-order chi connectivity index (χ0) is 14.5. The molecule has 1 fully saturated rings. The molecule has 4 N–H and O–H groups in total. The Hall–Kier alpha value is -1.50. The Morgan fingerprint density at radius 3 is 2.70 bits per heavy atom. The minimum atomic E-state index is -0.0494. The molecule has 1 aliphatic heterocycles. The normalized spacial score (nSPS) is 18.9. The van der Waals surface area contributed by atoms with E-state index in [9.17, 15) is 4.79 Å². The fourth-order valence-electron chi connectivity index (χ4n) is 2.33. The van der Waals surface area contributed by atoms with Gasteiger partial charge in [0.1, 0.15) is 4.99 Å². The molecule has 1 atom stereocenters. The van der Waals surface area contributed by atoms with Crippen LogP contribution in [0, 0.1) is 5.92 Å². The molecule has 1 aromatic rings. The highest BCUT2D eigenvalue weighted by Crippen LogP contribution is 2.15. The number of rotatable bonds is 5. The number of hydrogen-bond acceptors (Lipinski definition) is 4. The minimum absolute atomic E-state index is 0.0494. The number of carbonyl (C=O) groups excluding carboxylic acids is 1. The third kappa shape index (κ3) is 4.00. The summed E-state index contributed by atoms with van der Waals surface area (Å²) in [5.41, 5.74) is 7.03. The van der Waals surface area contributed by atoms with Crippen LogP contribution in [0.1, 0.15) is 12.0 Å². The van der Waals surface area contributed by atoms with Crippen molar-refractivity contribution < 1.29 is 9.90 Å². The number of hydrogen-bond donors (Lipinski definition) is 3. The van der Waals surface area contributed by atoms with Gasteiger partial charge in [-0.2, -0.15) is 0 Å². The number of nitrogens with two attached hydrogens (primary N) is 1. The van der Waals surface area contributed by atoms with Gasteiger partial charge in [-0.05, 0) is 43.1 Å². The van der Waals surface area contributed by atoms with Gasteiger partial charge in [0.25, 0.3) is 0 Å². The minimum Gasteiger partial charge on any atom is -0.396 e. The number of aliphatic hydroxyl groups is 1. The van der Waals surface area contributed by atoms with E-state index in [1.807, 2.05) is 0 Å². The molecule has 6 heteroatoms. The smallest absolute Gasteiger partial charge is 0.238 e. The fraction of sp³-hybridized carbons (Fsp3) is 0.429. The Balaban J connectivity index is 1.84. The number of thiocarbonyl (C=S) groups is 1. The highest BCUT2D eigenvalue weighted by atomic mass is 32.1. The Kier molecular flexibility index (Phi) is 5.05. The lowest BCUT2D eigenvalue weighted by Gasteiger charge is -2.15. The molecule has 1 aliphatic rings. The molecule has 5 nitrogen and oxygen atoms in total. The Morgan fingerprint density at radius 1 is 1.45 bits per heavy atom. The maximum Gasteiger partial charge on any atom is 0.238 e. The second kappa shape index (κ2) is 6.78. The van der Waals surface area contributed by atoms with E-state index in [4.69, 9.17) is 23.1 Å². The van der Waals surface area contributed by atoms with Crippen molar-refractivity contribution in [2.45, 2.75) is 6.42 Å². The number of carbonyl (C=O) groups is 1. The van der Waals surface area contributed by atoms with Crippen molar-refractivity contribution in [3.8, 4) is 0 Å². The number of likely N-dealkylation sites (tertiary alicyclic amines) is 1. The lowest BCUT2D eigenvalue weighted by atomic mass is 10.1. The molecule has 0 radical (unpaired) electrons. The SMILES string of the molecule is NC(=S)c1ccc(NC(=O)CN2CCC(CO)C2)cc1. The molecule has 0 bridgehead atoms. The van der Waals surface area contributed by atoms with Crippen LogP contribution in [-0.4, -0.2) is 47.1 Å². The maximum absolute atomic E-state index is 11.9. The summed E-state index contributed by atoms with van der Waals surface area (Å²) in [6.07, 6.45) is 0.951. The average Bonchev–Trinajstić information content (AvgIpc) is 2.86. The molecular weight excluding hydrogens is 274 g/mol. The Labute approximate surface area is 123 Å². The van der Waals surface area contributed by atoms with Crippen molar-refractivity contribution in [1.82, 2.24) is 4.90 Å². The summed E-state index contributed by atoms with van der Waals surface area (Å²) in [4.78, 5) is 14.3. The predicted octanol–water partition coefficient (Wildman–Crippen LogP) is 0.573. The topological polar surface area (TPSA) is 78.6 Å². The molecule has 1 amide bonds. The van der Waals surface area contributed by atoms with Gasteiger partial charge in [0.15, 0.2) is 0 Å². The lowest BCUT2D eigenvalue weighted by molar-refractivity contribution is -0.117. The number of aliphatic hydroxyl groups excluding tert-OH is 1. The van der Waals surface area contributed by atoms with E-state index >= 15 is 0 Å². The largest absolute Gasteiger partial charge is 0.396 e. The van der Waals surface area contributed by atoms with Crippen molar-refractivity contribution in [3.63, 3.8) is 0 Å². The van der Waals surface area contributed by atoms with Gasteiger partial charge in [-0.1, -0.05) is 12.2 Å². The van der Waals surface area contributed by atoms with Crippen LogP contribution >= 0.6 is 12.2 Å². The number of benzene rings is 1. The van der Waals surface area contributed by atoms with Crippen molar-refractivity contribution in [1.29, 1.82) is 0 Å². The fourth-order valence-corrected chi connectivity index (χ4v) is 2.46. The van der Waals surface area contributed by atoms with Crippen molar-refractivity contribution in [2.24, 2.45) is 11.7 Å². The summed E-state index contributed by atoms with van der Waals surface area (Å²) < 4.78 is 0. The van der Waals surface area contributed by atoms with Crippen LogP contribution in [0.25, 0.3) is 0 Å². The second-order valence-corrected chi connectivity index (χ2v) is 5.50. The van der Waals surface area contributed by atoms with E-state index in [1.165, 1.54) is 0 Å². The number of amides is 1. The van der Waals surface area contributed by atoms with E-state index in [0.717, 1.165) is 30.8 Å². The first-order valence-corrected chi connectivity index (χ1v) is 7.02. The van der Waals surface area contributed by atoms with Crippen molar-refractivity contribution >= 4 is 28.8 Å². The average molecular weight is 293 g/mol. The van der Waals surface area contributed by atoms with Gasteiger partial charge in [0.05, 0.1) is 6.54 Å². The van der Waals surface area contributed by atoms with Crippen LogP contribution in [0.3, 0.4) is 0 Å². The van der Waals surface area contributed by atoms with Crippen LogP contribution in [-0.2, 0) is 4.79 Å². The third-order valence-electron chi connectivity index (χ3n) is 3.45. The second-order valence-electron chi connectivity index (χ2n) is 5.06. The number of nitrogens with one attached hydrogen (secondary N) is 1. The van der Waals surface area contributed by atoms with Crippen LogP contribution < -0.4 is 11.1 Å². The van der Waals surface area contributed by atoms with E-state index < -0.39 is 0 Å². The predicted molar refractivity (Wildman–Crippen MR) is 82.6 cm³/mol. The summed E-state index contributed by atoms with van der Waals surface area (Å²) in [5, 5.41) is 11.9. The zero-order valence-electron chi connectivity index (χ0n) is 11.2. The monoisotopic (exact) mass is 293 g/mol. The quantitative estimate of drug-likeness (QED) is 0.692. The summed E-state index contributed by atoms with van der Waals surface area (Å²) in [5.74, 6) is 0.249. The van der Waals surface area contributed by atoms with Gasteiger partial charge in [0, 0.05) is 24.4 Å². The first kappa shape index (κ1) is 14.9. The standard InChI is InChI=1S/C14H19N3O2S/c15-14(20)11-1-3-12(4-2-11)16-13(19)8-17-6-5-10(7-17)9-18/h1-4,10,18H,5-9H2,(H2,15,20)(H,16,19). The molecule has 0 saturated carbocycles. The molecule has 1 saturated heterocycles. The number of nitrogens with zero attached hydrogens (tertiary/aromatic N) is 1. The van der Waals surface area contributed by atoms with E-state index in [2.05, 4.69) is 10.2 Å². The molecule has 20 heavy (non-hydrogen) atoms. The maximum atomic E-state index is 11.9. The Bertz CT molecular complexity index is 490. The highest BCUT2D eigenvalue weighted by Gasteiger charge is 2.23. The molecule has 1 aromatic carbocycles. The van der Waals surface area contributed by atoms with E-state index in [-0.39, 0.29) is 12.5 Å². The molecule has 108 valence electrons. The molecule has 0 aliphatic carbocycles. The van der Waals surface area contributed by atoms with Gasteiger partial charge in [-0.25, -0.2) is 0 Å². The van der Waals surface area contributed by atoms with Gasteiger partial charge < -0.3 is 16.2 Å². The van der Waals surface area contributed by atoms with Crippen LogP contribution in [0.4, 0.5) is 5.69 Å². The molecule has 1 unspecified atom stereocenters. The van der Waals surface area contributed by atoms with Crippen molar-refractivity contribution in [3.05, 3.63) is 29.8 Å². The van der Waals surface area contributed by atoms with Crippen LogP contribution in [0.2, 0.25) is 0 Å². The molecule has 2 rings (SSSR count). The summed E-state index contributed by atoms with van der Waals surface area (Å²) in [6, 6.07) is 7.14. The molecule has 1 heterocycles. The van der Waals surface area contributed by atoms with Gasteiger partial charge in [0.2, 0.25) is 5.91 Å². The third-order valence-corrected chi connectivity index (χ3v) is 3.68. The molecule has 0 aromatic heterocycles. The first-order chi connectivity index (χ1) is 9.58. The number of anilines is 1. The van der Waals surface area contributed by atoms with Crippen molar-refractivity contribution in [2.75, 3.05) is 31.6 Å². The molecular formula is C14H19N3O2S. The van der Waals surface area contributed by atoms with Gasteiger partial charge >= 0.3 is 0 Å².